The number of phenolic OH excluding ortho intramolecular Hbond substituents is 1. The predicted molar refractivity (Wildman–Crippen MR) is 250 cm³/mol. The second kappa shape index (κ2) is 18.0. The van der Waals surface area contributed by atoms with Crippen LogP contribution in [0, 0.1) is 30.6 Å². The molecular formula is C49H62N2O13Si. The number of methoxy groups -OCH3 is 1. The van der Waals surface area contributed by atoms with E-state index < -0.39 is 91.0 Å². The summed E-state index contributed by atoms with van der Waals surface area (Å²) in [7, 11) is -0.869. The first-order valence-electron chi connectivity index (χ1n) is 21.8. The largest absolute Gasteiger partial charge is 0.543 e. The molecule has 4 bridgehead atoms. The van der Waals surface area contributed by atoms with Gasteiger partial charge in [-0.25, -0.2) is 4.98 Å². The highest BCUT2D eigenvalue weighted by Gasteiger charge is 2.50. The Morgan fingerprint density at radius 1 is 0.969 bits per heavy atom. The van der Waals surface area contributed by atoms with Crippen LogP contribution < -0.4 is 19.9 Å². The van der Waals surface area contributed by atoms with Crippen LogP contribution >= 0.6 is 0 Å². The standard InChI is InChI=1S/C49H62N2O13Si/c1-23-16-15-17-24(2)47(58)51-38-42(56)35-34(37-45(38)62-33-22-30(18-19-31(33)50-37)64-65(13,14)48(8,9)10)36-44(28(6)41(35)55)63-49(11,46(36)57)60-21-20-32(59-12)25(3)43(61-29(7)52)27(5)40(54)26(4)39(23)53/h15-23,25-27,32,39-40,43,53-54,56H,1-14H3,(H,51,58)/b16-15+,21-20+,24-17-/t23-,25+,26+,27+,32-,39-,40+,43+,49-/m0/s1. The fourth-order valence-electron chi connectivity index (χ4n) is 8.30. The zero-order valence-electron chi connectivity index (χ0n) is 39.6. The van der Waals surface area contributed by atoms with Gasteiger partial charge in [0.2, 0.25) is 8.32 Å². The number of aliphatic hydroxyl groups excluding tert-OH is 2. The minimum Gasteiger partial charge on any atom is -0.543 e. The molecule has 4 N–H and O–H groups in total. The molecule has 65 heavy (non-hydrogen) atoms. The van der Waals surface area contributed by atoms with Crippen LogP contribution in [-0.4, -0.2) is 83.6 Å². The minimum absolute atomic E-state index is 0.00772. The number of esters is 1. The molecule has 1 amide bonds. The molecule has 3 heterocycles. The number of aromatic nitrogens is 1. The van der Waals surface area contributed by atoms with Gasteiger partial charge in [-0.15, -0.1) is 0 Å². The number of anilines is 1. The number of Topliss-reactive ketones (excluding diaryl/α,β-unsaturated/α-hetero) is 1. The second-order valence-electron chi connectivity index (χ2n) is 19.2. The Hall–Kier alpha value is -5.55. The number of benzene rings is 3. The van der Waals surface area contributed by atoms with Crippen molar-refractivity contribution in [3.05, 3.63) is 75.7 Å². The van der Waals surface area contributed by atoms with E-state index in [2.05, 4.69) is 39.2 Å². The van der Waals surface area contributed by atoms with Gasteiger partial charge in [0.05, 0.1) is 35.5 Å². The molecule has 0 saturated heterocycles. The zero-order chi connectivity index (χ0) is 48.2. The third kappa shape index (κ3) is 9.05. The number of phenols is 1. The average molecular weight is 915 g/mol. The van der Waals surface area contributed by atoms with Crippen LogP contribution in [0.4, 0.5) is 5.69 Å². The number of allylic oxidation sites excluding steroid dienone is 2. The monoisotopic (exact) mass is 914 g/mol. The number of rotatable bonds is 4. The molecule has 3 aromatic carbocycles. The summed E-state index contributed by atoms with van der Waals surface area (Å²) in [5.74, 6) is -6.74. The molecule has 2 aliphatic heterocycles. The number of hydrogen-bond acceptors (Lipinski definition) is 14. The van der Waals surface area contributed by atoms with Crippen LogP contribution in [-0.2, 0) is 23.8 Å². The number of nitrogens with one attached hydrogen (secondary N) is 1. The van der Waals surface area contributed by atoms with Crippen molar-refractivity contribution in [3.8, 4) is 17.2 Å². The van der Waals surface area contributed by atoms with Crippen molar-refractivity contribution in [2.24, 2.45) is 23.7 Å². The van der Waals surface area contributed by atoms with Crippen molar-refractivity contribution >= 4 is 64.6 Å². The number of hydrogen-bond donors (Lipinski definition) is 4. The third-order valence-electron chi connectivity index (χ3n) is 13.5. The van der Waals surface area contributed by atoms with Crippen molar-refractivity contribution < 1.29 is 57.5 Å². The maximum absolute atomic E-state index is 14.8. The third-order valence-corrected chi connectivity index (χ3v) is 17.8. The van der Waals surface area contributed by atoms with Gasteiger partial charge in [-0.2, -0.15) is 0 Å². The smallest absolute Gasteiger partial charge is 0.312 e. The van der Waals surface area contributed by atoms with Gasteiger partial charge in [0.15, 0.2) is 22.3 Å². The van der Waals surface area contributed by atoms with Crippen LogP contribution in [0.5, 0.6) is 17.2 Å². The van der Waals surface area contributed by atoms with E-state index in [1.807, 2.05) is 0 Å². The Labute approximate surface area is 379 Å². The van der Waals surface area contributed by atoms with E-state index in [-0.39, 0.29) is 60.6 Å². The van der Waals surface area contributed by atoms with Gasteiger partial charge in [-0.1, -0.05) is 66.7 Å². The number of aliphatic hydroxyl groups is 2. The number of carbonyl (C=O) groups excluding carboxylic acids is 3. The van der Waals surface area contributed by atoms with Crippen molar-refractivity contribution in [1.29, 1.82) is 0 Å². The number of aromatic hydroxyl groups is 1. The molecule has 0 fully saturated rings. The summed E-state index contributed by atoms with van der Waals surface area (Å²) in [5.41, 5.74) is -0.468. The molecule has 0 saturated carbocycles. The Bertz CT molecular complexity index is 2710. The fraction of sp³-hybridized carbons (Fsp3) is 0.490. The summed E-state index contributed by atoms with van der Waals surface area (Å²) >= 11 is 0. The molecule has 1 aromatic heterocycles. The SMILES string of the molecule is CO[C@H]1/C=C/O[C@@]2(C)Oc3c(C)c(=O)c4c(O)c(c5oc6cc(O[Si](C)(C)C(C)(C)C)ccc6nc5c4c3C2=O)NC(=O)/C(C)=C\C=C\[C@H](C)[C@H](O)[C@@H](C)[C@@H](O)[C@@H](C)[C@H](OC(C)=O)[C@@H]1C. The van der Waals surface area contributed by atoms with Crippen LogP contribution in [0.2, 0.25) is 18.1 Å². The quantitative estimate of drug-likeness (QED) is 0.0498. The molecule has 350 valence electrons. The average Bonchev–Trinajstić information content (AvgIpc) is 3.50. The fourth-order valence-corrected chi connectivity index (χ4v) is 9.32. The Kier molecular flexibility index (Phi) is 13.6. The minimum atomic E-state index is -2.31. The van der Waals surface area contributed by atoms with Gasteiger partial charge in [0, 0.05) is 67.2 Å². The van der Waals surface area contributed by atoms with Crippen LogP contribution in [0.3, 0.4) is 0 Å². The number of fused-ring (bicyclic) bond motifs is 2. The molecule has 0 spiro atoms. The topological polar surface area (TPSA) is 213 Å². The maximum Gasteiger partial charge on any atom is 0.312 e. The first-order valence-corrected chi connectivity index (χ1v) is 24.7. The zero-order valence-corrected chi connectivity index (χ0v) is 40.6. The number of nitrogens with zero attached hydrogens (tertiary/aromatic N) is 1. The van der Waals surface area contributed by atoms with Gasteiger partial charge < -0.3 is 48.4 Å². The molecule has 0 aliphatic carbocycles. The van der Waals surface area contributed by atoms with E-state index in [4.69, 9.17) is 32.8 Å². The van der Waals surface area contributed by atoms with E-state index in [1.165, 1.54) is 46.3 Å². The molecule has 15 nitrogen and oxygen atoms in total. The maximum atomic E-state index is 14.8. The summed E-state index contributed by atoms with van der Waals surface area (Å²) in [6.45, 7) is 23.2. The Morgan fingerprint density at radius 2 is 1.65 bits per heavy atom. The number of amides is 1. The second-order valence-corrected chi connectivity index (χ2v) is 23.9. The summed E-state index contributed by atoms with van der Waals surface area (Å²) in [6, 6.07) is 5.13. The van der Waals surface area contributed by atoms with Gasteiger partial charge in [0.1, 0.15) is 34.3 Å². The molecule has 4 aromatic rings. The number of ether oxygens (including phenoxy) is 4. The normalized spacial score (nSPS) is 29.0. The first kappa shape index (κ1) is 48.9. The lowest BCUT2D eigenvalue weighted by molar-refractivity contribution is -0.160. The number of carbonyl (C=O) groups is 3. The summed E-state index contributed by atoms with van der Waals surface area (Å²) in [4.78, 5) is 60.5. The lowest BCUT2D eigenvalue weighted by atomic mass is 9.78. The van der Waals surface area contributed by atoms with Gasteiger partial charge in [0.25, 0.3) is 11.7 Å². The van der Waals surface area contributed by atoms with Crippen molar-refractivity contribution in [2.75, 3.05) is 12.4 Å². The van der Waals surface area contributed by atoms with Gasteiger partial charge >= 0.3 is 11.8 Å². The highest BCUT2D eigenvalue weighted by atomic mass is 28.4. The van der Waals surface area contributed by atoms with Crippen molar-refractivity contribution in [3.63, 3.8) is 0 Å². The van der Waals surface area contributed by atoms with Crippen LogP contribution in [0.15, 0.2) is 63.6 Å². The number of ketones is 1. The molecule has 0 unspecified atom stereocenters. The van der Waals surface area contributed by atoms with E-state index in [1.54, 1.807) is 65.0 Å². The summed E-state index contributed by atoms with van der Waals surface area (Å²) in [6.07, 6.45) is 3.62. The van der Waals surface area contributed by atoms with E-state index in [0.29, 0.717) is 11.3 Å². The van der Waals surface area contributed by atoms with Crippen molar-refractivity contribution in [1.82, 2.24) is 4.98 Å². The van der Waals surface area contributed by atoms with Crippen LogP contribution in [0.25, 0.3) is 33.0 Å². The highest BCUT2D eigenvalue weighted by Crippen LogP contribution is 2.49. The predicted octanol–water partition coefficient (Wildman–Crippen LogP) is 8.38. The molecule has 2 aliphatic rings. The van der Waals surface area contributed by atoms with Crippen molar-refractivity contribution in [2.45, 2.75) is 124 Å². The molecule has 6 rings (SSSR count). The summed E-state index contributed by atoms with van der Waals surface area (Å²) < 4.78 is 37.0. The van der Waals surface area contributed by atoms with E-state index in [0.717, 1.165) is 0 Å². The van der Waals surface area contributed by atoms with Gasteiger partial charge in [-0.3, -0.25) is 19.2 Å². The lowest BCUT2D eigenvalue weighted by Crippen LogP contribution is -2.46. The first-order chi connectivity index (χ1) is 30.2. The Balaban J connectivity index is 1.60. The molecule has 0 radical (unpaired) electrons. The molecule has 9 atom stereocenters. The van der Waals surface area contributed by atoms with E-state index >= 15 is 0 Å². The summed E-state index contributed by atoms with van der Waals surface area (Å²) in [5, 5.41) is 37.4. The highest BCUT2D eigenvalue weighted by molar-refractivity contribution is 6.74. The molecule has 16 heteroatoms. The van der Waals surface area contributed by atoms with E-state index in [9.17, 15) is 34.5 Å². The molecular weight excluding hydrogens is 853 g/mol. The van der Waals surface area contributed by atoms with Gasteiger partial charge in [-0.05, 0) is 50.2 Å². The lowest BCUT2D eigenvalue weighted by Gasteiger charge is -2.38. The van der Waals surface area contributed by atoms with Crippen LogP contribution in [0.1, 0.15) is 85.2 Å². The Morgan fingerprint density at radius 3 is 2.28 bits per heavy atom.